The molecule has 1 atom stereocenters. The highest BCUT2D eigenvalue weighted by atomic mass is 32.2. The van der Waals surface area contributed by atoms with Crippen LogP contribution in [0.5, 0.6) is 0 Å². The molecule has 0 saturated carbocycles. The van der Waals surface area contributed by atoms with Crippen LogP contribution in [0.25, 0.3) is 0 Å². The first-order valence-corrected chi connectivity index (χ1v) is 11.0. The number of piperidine rings is 1. The molecule has 7 heteroatoms. The molecular formula is C19H29N3O3S. The van der Waals surface area contributed by atoms with Gasteiger partial charge in [-0.1, -0.05) is 25.1 Å². The minimum Gasteiger partial charge on any atom is -0.340 e. The average Bonchev–Trinajstić information content (AvgIpc) is 2.69. The summed E-state index contributed by atoms with van der Waals surface area (Å²) in [6.07, 6.45) is 2.63. The molecule has 144 valence electrons. The summed E-state index contributed by atoms with van der Waals surface area (Å²) >= 11 is 0. The first kappa shape index (κ1) is 19.3. The van der Waals surface area contributed by atoms with Crippen LogP contribution in [-0.2, 0) is 14.8 Å². The number of amides is 1. The first-order chi connectivity index (χ1) is 12.5. The molecule has 2 aliphatic heterocycles. The number of hydrogen-bond acceptors (Lipinski definition) is 4. The van der Waals surface area contributed by atoms with E-state index in [0.717, 1.165) is 52.0 Å². The van der Waals surface area contributed by atoms with Crippen molar-refractivity contribution in [2.45, 2.75) is 31.1 Å². The van der Waals surface area contributed by atoms with Crippen molar-refractivity contribution in [3.8, 4) is 0 Å². The molecule has 0 aliphatic carbocycles. The van der Waals surface area contributed by atoms with Crippen molar-refractivity contribution >= 4 is 15.9 Å². The average molecular weight is 380 g/mol. The van der Waals surface area contributed by atoms with E-state index in [2.05, 4.69) is 11.8 Å². The second-order valence-corrected chi connectivity index (χ2v) is 9.12. The maximum absolute atomic E-state index is 12.9. The van der Waals surface area contributed by atoms with Crippen molar-refractivity contribution < 1.29 is 13.2 Å². The van der Waals surface area contributed by atoms with E-state index >= 15 is 0 Å². The van der Waals surface area contributed by atoms with Gasteiger partial charge in [0.25, 0.3) is 0 Å². The maximum atomic E-state index is 12.9. The van der Waals surface area contributed by atoms with E-state index in [1.165, 1.54) is 4.31 Å². The number of carbonyl (C=O) groups is 1. The maximum Gasteiger partial charge on any atom is 0.243 e. The monoisotopic (exact) mass is 379 g/mol. The highest BCUT2D eigenvalue weighted by Gasteiger charge is 2.35. The van der Waals surface area contributed by atoms with E-state index in [9.17, 15) is 13.2 Å². The zero-order valence-corrected chi connectivity index (χ0v) is 16.3. The summed E-state index contributed by atoms with van der Waals surface area (Å²) in [5.41, 5.74) is 0. The van der Waals surface area contributed by atoms with E-state index in [0.29, 0.717) is 18.0 Å². The van der Waals surface area contributed by atoms with E-state index in [1.54, 1.807) is 30.3 Å². The van der Waals surface area contributed by atoms with Crippen LogP contribution in [0.15, 0.2) is 35.2 Å². The van der Waals surface area contributed by atoms with Gasteiger partial charge in [0.1, 0.15) is 0 Å². The number of nitrogens with zero attached hydrogens (tertiary/aromatic N) is 3. The van der Waals surface area contributed by atoms with Crippen LogP contribution in [0.3, 0.4) is 0 Å². The number of piperazine rings is 1. The Hall–Kier alpha value is -1.44. The third-order valence-corrected chi connectivity index (χ3v) is 7.22. The largest absolute Gasteiger partial charge is 0.340 e. The number of sulfonamides is 1. The van der Waals surface area contributed by atoms with Crippen molar-refractivity contribution in [3.05, 3.63) is 30.3 Å². The fourth-order valence-corrected chi connectivity index (χ4v) is 5.41. The van der Waals surface area contributed by atoms with Crippen molar-refractivity contribution in [2.75, 3.05) is 45.8 Å². The smallest absolute Gasteiger partial charge is 0.243 e. The van der Waals surface area contributed by atoms with Crippen LogP contribution >= 0.6 is 0 Å². The molecule has 2 heterocycles. The number of benzene rings is 1. The Morgan fingerprint density at radius 2 is 1.77 bits per heavy atom. The zero-order valence-electron chi connectivity index (χ0n) is 15.5. The molecule has 1 aromatic carbocycles. The third-order valence-electron chi connectivity index (χ3n) is 5.34. The summed E-state index contributed by atoms with van der Waals surface area (Å²) < 4.78 is 27.2. The van der Waals surface area contributed by atoms with Crippen LogP contribution in [-0.4, -0.2) is 74.2 Å². The lowest BCUT2D eigenvalue weighted by Gasteiger charge is -2.38. The fraction of sp³-hybridized carbons (Fsp3) is 0.632. The Kier molecular flexibility index (Phi) is 6.32. The summed E-state index contributed by atoms with van der Waals surface area (Å²) in [5, 5.41) is 0. The summed E-state index contributed by atoms with van der Waals surface area (Å²) in [4.78, 5) is 17.5. The van der Waals surface area contributed by atoms with Gasteiger partial charge in [0, 0.05) is 39.3 Å². The Labute approximate surface area is 156 Å². The Morgan fingerprint density at radius 3 is 2.42 bits per heavy atom. The van der Waals surface area contributed by atoms with E-state index in [4.69, 9.17) is 0 Å². The molecule has 2 aliphatic rings. The highest BCUT2D eigenvalue weighted by molar-refractivity contribution is 7.89. The normalized spacial score (nSPS) is 23.1. The predicted octanol–water partition coefficient (Wildman–Crippen LogP) is 1.64. The summed E-state index contributed by atoms with van der Waals surface area (Å²) in [6, 6.07) is 8.51. The van der Waals surface area contributed by atoms with Crippen LogP contribution in [0, 0.1) is 5.92 Å². The van der Waals surface area contributed by atoms with Gasteiger partial charge >= 0.3 is 0 Å². The Balaban J connectivity index is 1.63. The molecule has 0 bridgehead atoms. The third kappa shape index (κ3) is 4.27. The second kappa shape index (κ2) is 8.50. The SMILES string of the molecule is CCCN1CCN(C(=O)[C@H]2CCCN(S(=O)(=O)c3ccccc3)C2)CC1. The highest BCUT2D eigenvalue weighted by Crippen LogP contribution is 2.25. The van der Waals surface area contributed by atoms with Crippen molar-refractivity contribution in [1.82, 2.24) is 14.1 Å². The van der Waals surface area contributed by atoms with Crippen molar-refractivity contribution in [1.29, 1.82) is 0 Å². The second-order valence-electron chi connectivity index (χ2n) is 7.18. The molecule has 0 N–H and O–H groups in total. The lowest BCUT2D eigenvalue weighted by atomic mass is 9.98. The topological polar surface area (TPSA) is 60.9 Å². The van der Waals surface area contributed by atoms with Crippen molar-refractivity contribution in [2.24, 2.45) is 5.92 Å². The van der Waals surface area contributed by atoms with E-state index in [1.807, 2.05) is 4.90 Å². The molecule has 2 fully saturated rings. The molecule has 2 saturated heterocycles. The summed E-state index contributed by atoms with van der Waals surface area (Å²) in [5.74, 6) is -0.103. The lowest BCUT2D eigenvalue weighted by Crippen LogP contribution is -2.53. The number of hydrogen-bond donors (Lipinski definition) is 0. The molecular weight excluding hydrogens is 350 g/mol. The van der Waals surface area contributed by atoms with Crippen LogP contribution < -0.4 is 0 Å². The van der Waals surface area contributed by atoms with Crippen LogP contribution in [0.4, 0.5) is 0 Å². The molecule has 1 aromatic rings. The molecule has 1 amide bonds. The zero-order chi connectivity index (χ0) is 18.6. The molecule has 0 spiro atoms. The minimum atomic E-state index is -3.52. The summed E-state index contributed by atoms with van der Waals surface area (Å²) in [6.45, 7) is 7.37. The van der Waals surface area contributed by atoms with Gasteiger partial charge in [-0.3, -0.25) is 9.69 Å². The van der Waals surface area contributed by atoms with Gasteiger partial charge in [-0.05, 0) is 37.9 Å². The molecule has 0 aromatic heterocycles. The van der Waals surface area contributed by atoms with Gasteiger partial charge in [-0.25, -0.2) is 8.42 Å². The predicted molar refractivity (Wildman–Crippen MR) is 101 cm³/mol. The Morgan fingerprint density at radius 1 is 1.08 bits per heavy atom. The standard InChI is InChI=1S/C19H29N3O3S/c1-2-10-20-12-14-21(15-13-20)19(23)17-7-6-11-22(16-17)26(24,25)18-8-4-3-5-9-18/h3-5,8-9,17H,2,6-7,10-16H2,1H3/t17-/m0/s1. The minimum absolute atomic E-state index is 0.120. The number of rotatable bonds is 5. The van der Waals surface area contributed by atoms with Gasteiger partial charge in [0.2, 0.25) is 15.9 Å². The van der Waals surface area contributed by atoms with Crippen LogP contribution in [0.1, 0.15) is 26.2 Å². The summed E-state index contributed by atoms with van der Waals surface area (Å²) in [7, 11) is -3.52. The van der Waals surface area contributed by atoms with Crippen molar-refractivity contribution in [3.63, 3.8) is 0 Å². The Bertz CT molecular complexity index is 700. The number of carbonyl (C=O) groups excluding carboxylic acids is 1. The molecule has 0 radical (unpaired) electrons. The molecule has 0 unspecified atom stereocenters. The first-order valence-electron chi connectivity index (χ1n) is 9.58. The quantitative estimate of drug-likeness (QED) is 0.780. The van der Waals surface area contributed by atoms with Gasteiger partial charge < -0.3 is 4.90 Å². The van der Waals surface area contributed by atoms with E-state index in [-0.39, 0.29) is 11.8 Å². The van der Waals surface area contributed by atoms with E-state index < -0.39 is 10.0 Å². The van der Waals surface area contributed by atoms with Gasteiger partial charge in [-0.15, -0.1) is 0 Å². The van der Waals surface area contributed by atoms with Gasteiger partial charge in [0.15, 0.2) is 0 Å². The molecule has 26 heavy (non-hydrogen) atoms. The van der Waals surface area contributed by atoms with Crippen LogP contribution in [0.2, 0.25) is 0 Å². The van der Waals surface area contributed by atoms with Gasteiger partial charge in [0.05, 0.1) is 10.8 Å². The molecule has 3 rings (SSSR count). The van der Waals surface area contributed by atoms with Gasteiger partial charge in [-0.2, -0.15) is 4.31 Å². The molecule has 6 nitrogen and oxygen atoms in total. The lowest BCUT2D eigenvalue weighted by molar-refractivity contribution is -0.138. The fourth-order valence-electron chi connectivity index (χ4n) is 3.87.